The molecular weight excluding hydrogens is 470 g/mol. The summed E-state index contributed by atoms with van der Waals surface area (Å²) in [5.41, 5.74) is 0.758. The molecule has 2 aromatic rings. The molecule has 1 aliphatic rings. The van der Waals surface area contributed by atoms with Gasteiger partial charge in [-0.1, -0.05) is 12.1 Å². The van der Waals surface area contributed by atoms with Crippen LogP contribution in [-0.2, 0) is 31.3 Å². The van der Waals surface area contributed by atoms with Gasteiger partial charge in [0.15, 0.2) is 0 Å². The highest BCUT2D eigenvalue weighted by atomic mass is 32.2. The van der Waals surface area contributed by atoms with Crippen molar-refractivity contribution in [2.45, 2.75) is 23.3 Å². The van der Waals surface area contributed by atoms with Crippen molar-refractivity contribution in [1.29, 1.82) is 0 Å². The van der Waals surface area contributed by atoms with Crippen LogP contribution < -0.4 is 14.8 Å². The molecule has 1 saturated heterocycles. The fraction of sp³-hybridized carbons (Fsp3) is 0.381. The van der Waals surface area contributed by atoms with Crippen molar-refractivity contribution in [2.75, 3.05) is 40.0 Å². The third kappa shape index (κ3) is 5.89. The second-order valence-electron chi connectivity index (χ2n) is 7.21. The van der Waals surface area contributed by atoms with Gasteiger partial charge in [0.1, 0.15) is 10.6 Å². The maximum atomic E-state index is 12.9. The molecule has 10 nitrogen and oxygen atoms in total. The second kappa shape index (κ2) is 10.6. The molecule has 2 aromatic carbocycles. The lowest BCUT2D eigenvalue weighted by molar-refractivity contribution is 0.0730. The summed E-state index contributed by atoms with van der Waals surface area (Å²) >= 11 is 0. The van der Waals surface area contributed by atoms with Gasteiger partial charge in [0.05, 0.1) is 25.2 Å². The van der Waals surface area contributed by atoms with Crippen LogP contribution in [0.25, 0.3) is 0 Å². The van der Waals surface area contributed by atoms with Crippen LogP contribution in [0, 0.1) is 0 Å². The van der Waals surface area contributed by atoms with Gasteiger partial charge < -0.3 is 14.8 Å². The molecule has 180 valence electrons. The Morgan fingerprint density at radius 3 is 2.33 bits per heavy atom. The molecular formula is C21H27N3O7S2. The zero-order valence-electron chi connectivity index (χ0n) is 18.4. The van der Waals surface area contributed by atoms with Crippen LogP contribution in [0.3, 0.4) is 0 Å². The summed E-state index contributed by atoms with van der Waals surface area (Å²) < 4.78 is 65.4. The number of nitrogens with one attached hydrogen (secondary N) is 2. The minimum absolute atomic E-state index is 0.0746. The number of hydrogen-bond acceptors (Lipinski definition) is 7. The molecule has 33 heavy (non-hydrogen) atoms. The molecule has 0 atom stereocenters. The predicted octanol–water partition coefficient (Wildman–Crippen LogP) is 0.944. The van der Waals surface area contributed by atoms with Gasteiger partial charge in [0.2, 0.25) is 20.0 Å². The number of morpholine rings is 1. The molecule has 1 amide bonds. The van der Waals surface area contributed by atoms with Crippen LogP contribution in [0.15, 0.2) is 52.3 Å². The largest absolute Gasteiger partial charge is 0.495 e. The lowest BCUT2D eigenvalue weighted by atomic mass is 10.2. The van der Waals surface area contributed by atoms with Crippen molar-refractivity contribution >= 4 is 26.0 Å². The van der Waals surface area contributed by atoms with Gasteiger partial charge in [0, 0.05) is 31.7 Å². The number of rotatable bonds is 9. The maximum Gasteiger partial charge on any atom is 0.251 e. The zero-order valence-corrected chi connectivity index (χ0v) is 20.0. The summed E-state index contributed by atoms with van der Waals surface area (Å²) in [6, 6.07) is 10.2. The van der Waals surface area contributed by atoms with Crippen LogP contribution in [0.4, 0.5) is 0 Å². The van der Waals surface area contributed by atoms with E-state index in [9.17, 15) is 21.6 Å². The molecule has 0 aliphatic carbocycles. The van der Waals surface area contributed by atoms with Gasteiger partial charge >= 0.3 is 0 Å². The molecule has 2 N–H and O–H groups in total. The lowest BCUT2D eigenvalue weighted by Crippen LogP contribution is -2.40. The first-order valence-corrected chi connectivity index (χ1v) is 13.2. The number of sulfonamides is 2. The molecule has 1 aliphatic heterocycles. The fourth-order valence-corrected chi connectivity index (χ4v) is 5.88. The van der Waals surface area contributed by atoms with Crippen molar-refractivity contribution in [2.24, 2.45) is 0 Å². The van der Waals surface area contributed by atoms with Gasteiger partial charge in [-0.15, -0.1) is 0 Å². The summed E-state index contributed by atoms with van der Waals surface area (Å²) in [6.07, 6.45) is 0. The van der Waals surface area contributed by atoms with Gasteiger partial charge in [0.25, 0.3) is 5.91 Å². The number of carbonyl (C=O) groups is 1. The van der Waals surface area contributed by atoms with Crippen LogP contribution in [0.2, 0.25) is 0 Å². The number of methoxy groups -OCH3 is 1. The van der Waals surface area contributed by atoms with Crippen LogP contribution in [0.1, 0.15) is 22.8 Å². The standard InChI is InChI=1S/C21H27N3O7S2/c1-3-22-21(25)17-6-9-19(30-2)20(14-17)32(26,27)23-15-16-4-7-18(8-5-16)33(28,29)24-10-12-31-13-11-24/h4-9,14,23H,3,10-13,15H2,1-2H3,(H,22,25). The van der Waals surface area contributed by atoms with Gasteiger partial charge in [-0.2, -0.15) is 4.31 Å². The summed E-state index contributed by atoms with van der Waals surface area (Å²) in [5, 5.41) is 2.62. The smallest absolute Gasteiger partial charge is 0.251 e. The van der Waals surface area contributed by atoms with E-state index in [0.717, 1.165) is 0 Å². The third-order valence-corrected chi connectivity index (χ3v) is 8.39. The topological polar surface area (TPSA) is 131 Å². The van der Waals surface area contributed by atoms with Crippen LogP contribution >= 0.6 is 0 Å². The molecule has 1 heterocycles. The maximum absolute atomic E-state index is 12.9. The molecule has 0 unspecified atom stereocenters. The van der Waals surface area contributed by atoms with E-state index in [0.29, 0.717) is 38.4 Å². The van der Waals surface area contributed by atoms with E-state index in [1.165, 1.54) is 41.7 Å². The Kier molecular flexibility index (Phi) is 8.08. The number of ether oxygens (including phenoxy) is 2. The second-order valence-corrected chi connectivity index (χ2v) is 10.9. The Morgan fingerprint density at radius 1 is 1.06 bits per heavy atom. The molecule has 1 fully saturated rings. The van der Waals surface area contributed by atoms with Crippen molar-refractivity contribution in [1.82, 2.24) is 14.3 Å². The fourth-order valence-electron chi connectivity index (χ4n) is 3.26. The Morgan fingerprint density at radius 2 is 1.73 bits per heavy atom. The van der Waals surface area contributed by atoms with Gasteiger partial charge in [-0.3, -0.25) is 4.79 Å². The van der Waals surface area contributed by atoms with Crippen LogP contribution in [-0.4, -0.2) is 67.0 Å². The van der Waals surface area contributed by atoms with E-state index in [-0.39, 0.29) is 27.6 Å². The molecule has 0 saturated carbocycles. The quantitative estimate of drug-likeness (QED) is 0.527. The highest BCUT2D eigenvalue weighted by Crippen LogP contribution is 2.25. The summed E-state index contributed by atoms with van der Waals surface area (Å²) in [5.74, 6) is -0.295. The van der Waals surface area contributed by atoms with Gasteiger partial charge in [-0.05, 0) is 42.8 Å². The number of nitrogens with zero attached hydrogens (tertiary/aromatic N) is 1. The van der Waals surface area contributed by atoms with Crippen molar-refractivity contribution in [3.05, 3.63) is 53.6 Å². The summed E-state index contributed by atoms with van der Waals surface area (Å²) in [7, 11) is -6.31. The van der Waals surface area contributed by atoms with E-state index in [2.05, 4.69) is 10.0 Å². The average molecular weight is 498 g/mol. The molecule has 3 rings (SSSR count). The Balaban J connectivity index is 1.75. The van der Waals surface area contributed by atoms with Crippen molar-refractivity contribution in [3.63, 3.8) is 0 Å². The Bertz CT molecular complexity index is 1190. The molecule has 0 aromatic heterocycles. The molecule has 0 bridgehead atoms. The number of carbonyl (C=O) groups excluding carboxylic acids is 1. The Labute approximate surface area is 194 Å². The molecule has 0 spiro atoms. The SMILES string of the molecule is CCNC(=O)c1ccc(OC)c(S(=O)(=O)NCc2ccc(S(=O)(=O)N3CCOCC3)cc2)c1. The minimum atomic E-state index is -4.02. The minimum Gasteiger partial charge on any atom is -0.495 e. The highest BCUT2D eigenvalue weighted by Gasteiger charge is 2.26. The van der Waals surface area contributed by atoms with E-state index < -0.39 is 26.0 Å². The van der Waals surface area contributed by atoms with E-state index >= 15 is 0 Å². The van der Waals surface area contributed by atoms with Gasteiger partial charge in [-0.25, -0.2) is 21.6 Å². The number of hydrogen-bond donors (Lipinski definition) is 2. The summed E-state index contributed by atoms with van der Waals surface area (Å²) in [4.78, 5) is 12.1. The summed E-state index contributed by atoms with van der Waals surface area (Å²) in [6.45, 7) is 3.38. The highest BCUT2D eigenvalue weighted by molar-refractivity contribution is 7.89. The first-order chi connectivity index (χ1) is 15.7. The first-order valence-electron chi connectivity index (χ1n) is 10.3. The zero-order chi connectivity index (χ0) is 24.1. The number of amides is 1. The third-order valence-electron chi connectivity index (χ3n) is 5.05. The predicted molar refractivity (Wildman–Crippen MR) is 121 cm³/mol. The van der Waals surface area contributed by atoms with E-state index in [1.54, 1.807) is 19.1 Å². The van der Waals surface area contributed by atoms with Crippen molar-refractivity contribution < 1.29 is 31.1 Å². The lowest BCUT2D eigenvalue weighted by Gasteiger charge is -2.26. The first kappa shape index (κ1) is 25.1. The molecule has 12 heteroatoms. The average Bonchev–Trinajstić information content (AvgIpc) is 2.83. The normalized spacial score (nSPS) is 15.2. The Hall–Kier alpha value is -2.51. The number of benzene rings is 2. The van der Waals surface area contributed by atoms with Crippen molar-refractivity contribution in [3.8, 4) is 5.75 Å². The van der Waals surface area contributed by atoms with Crippen LogP contribution in [0.5, 0.6) is 5.75 Å². The monoisotopic (exact) mass is 497 g/mol. The molecule has 0 radical (unpaired) electrons. The van der Waals surface area contributed by atoms with E-state index in [4.69, 9.17) is 9.47 Å². The van der Waals surface area contributed by atoms with E-state index in [1.807, 2.05) is 0 Å².